The molecule has 0 radical (unpaired) electrons. The molecule has 2 heterocycles. The Kier molecular flexibility index (Phi) is 3.62. The van der Waals surface area contributed by atoms with Crippen LogP contribution in [0, 0.1) is 13.8 Å². The number of carbonyl (C=O) groups excluding carboxylic acids is 1. The standard InChI is InChI=1S/C13H20N2O2/c1-9-13(11(3)16)10(2)15(14-9)7-6-12-5-4-8-17-12/h12H,4-8H2,1-3H3. The van der Waals surface area contributed by atoms with E-state index in [1.54, 1.807) is 6.92 Å². The summed E-state index contributed by atoms with van der Waals surface area (Å²) in [5.74, 6) is 0.100. The van der Waals surface area contributed by atoms with Crippen LogP contribution in [0.3, 0.4) is 0 Å². The Labute approximate surface area is 102 Å². The van der Waals surface area contributed by atoms with Crippen molar-refractivity contribution in [2.75, 3.05) is 6.61 Å². The first-order chi connectivity index (χ1) is 8.09. The predicted molar refractivity (Wildman–Crippen MR) is 65.3 cm³/mol. The van der Waals surface area contributed by atoms with Gasteiger partial charge in [-0.05, 0) is 40.0 Å². The van der Waals surface area contributed by atoms with E-state index >= 15 is 0 Å². The first-order valence-electron chi connectivity index (χ1n) is 6.26. The van der Waals surface area contributed by atoms with Crippen LogP contribution >= 0.6 is 0 Å². The fourth-order valence-corrected chi connectivity index (χ4v) is 2.56. The summed E-state index contributed by atoms with van der Waals surface area (Å²) in [5, 5.41) is 4.43. The summed E-state index contributed by atoms with van der Waals surface area (Å²) in [5.41, 5.74) is 2.59. The number of ether oxygens (including phenoxy) is 1. The molecule has 0 amide bonds. The predicted octanol–water partition coefficient (Wildman–Crippen LogP) is 2.27. The summed E-state index contributed by atoms with van der Waals surface area (Å²) in [4.78, 5) is 11.5. The van der Waals surface area contributed by atoms with E-state index in [4.69, 9.17) is 4.74 Å². The molecule has 1 aromatic heterocycles. The molecule has 17 heavy (non-hydrogen) atoms. The normalized spacial score (nSPS) is 19.8. The lowest BCUT2D eigenvalue weighted by molar-refractivity contribution is 0.0992. The van der Waals surface area contributed by atoms with Gasteiger partial charge in [-0.2, -0.15) is 5.10 Å². The molecule has 4 nitrogen and oxygen atoms in total. The fraction of sp³-hybridized carbons (Fsp3) is 0.692. The summed E-state index contributed by atoms with van der Waals surface area (Å²) in [6, 6.07) is 0. The van der Waals surface area contributed by atoms with Crippen molar-refractivity contribution < 1.29 is 9.53 Å². The lowest BCUT2D eigenvalue weighted by Crippen LogP contribution is -2.12. The van der Waals surface area contributed by atoms with Crippen LogP contribution in [0.15, 0.2) is 0 Å². The van der Waals surface area contributed by atoms with Crippen molar-refractivity contribution in [1.82, 2.24) is 9.78 Å². The van der Waals surface area contributed by atoms with E-state index in [0.29, 0.717) is 6.10 Å². The molecule has 0 N–H and O–H groups in total. The van der Waals surface area contributed by atoms with E-state index in [2.05, 4.69) is 5.10 Å². The van der Waals surface area contributed by atoms with Gasteiger partial charge in [0.05, 0.1) is 17.4 Å². The van der Waals surface area contributed by atoms with Gasteiger partial charge in [-0.3, -0.25) is 9.48 Å². The average Bonchev–Trinajstić information content (AvgIpc) is 2.84. The number of Topliss-reactive ketones (excluding diaryl/α,β-unsaturated/α-hetero) is 1. The van der Waals surface area contributed by atoms with Gasteiger partial charge in [0.15, 0.2) is 5.78 Å². The van der Waals surface area contributed by atoms with Crippen molar-refractivity contribution in [1.29, 1.82) is 0 Å². The number of rotatable bonds is 4. The van der Waals surface area contributed by atoms with Gasteiger partial charge in [0.25, 0.3) is 0 Å². The zero-order valence-corrected chi connectivity index (χ0v) is 10.8. The number of ketones is 1. The van der Waals surface area contributed by atoms with Crippen LogP contribution in [0.25, 0.3) is 0 Å². The number of aromatic nitrogens is 2. The lowest BCUT2D eigenvalue weighted by Gasteiger charge is -2.10. The molecular weight excluding hydrogens is 216 g/mol. The van der Waals surface area contributed by atoms with Crippen LogP contribution in [-0.2, 0) is 11.3 Å². The van der Waals surface area contributed by atoms with E-state index in [1.807, 2.05) is 18.5 Å². The molecule has 1 unspecified atom stereocenters. The highest BCUT2D eigenvalue weighted by Crippen LogP contribution is 2.18. The van der Waals surface area contributed by atoms with Crippen LogP contribution in [0.5, 0.6) is 0 Å². The van der Waals surface area contributed by atoms with Crippen molar-refractivity contribution in [3.63, 3.8) is 0 Å². The van der Waals surface area contributed by atoms with Crippen LogP contribution in [0.1, 0.15) is 47.9 Å². The van der Waals surface area contributed by atoms with Gasteiger partial charge in [0.1, 0.15) is 0 Å². The molecule has 1 aromatic rings. The van der Waals surface area contributed by atoms with Crippen LogP contribution in [0.4, 0.5) is 0 Å². The minimum atomic E-state index is 0.100. The highest BCUT2D eigenvalue weighted by Gasteiger charge is 2.18. The molecule has 1 saturated heterocycles. The number of aryl methyl sites for hydroxylation is 2. The highest BCUT2D eigenvalue weighted by atomic mass is 16.5. The third-order valence-electron chi connectivity index (χ3n) is 3.42. The molecule has 1 fully saturated rings. The third kappa shape index (κ3) is 2.57. The quantitative estimate of drug-likeness (QED) is 0.753. The van der Waals surface area contributed by atoms with E-state index in [0.717, 1.165) is 42.9 Å². The van der Waals surface area contributed by atoms with Crippen LogP contribution in [-0.4, -0.2) is 28.3 Å². The number of hydrogen-bond acceptors (Lipinski definition) is 3. The van der Waals surface area contributed by atoms with Crippen molar-refractivity contribution in [3.05, 3.63) is 17.0 Å². The summed E-state index contributed by atoms with van der Waals surface area (Å²) < 4.78 is 7.53. The number of hydrogen-bond donors (Lipinski definition) is 0. The molecule has 4 heteroatoms. The molecule has 0 bridgehead atoms. The number of carbonyl (C=O) groups is 1. The largest absolute Gasteiger partial charge is 0.378 e. The minimum absolute atomic E-state index is 0.100. The van der Waals surface area contributed by atoms with Crippen LogP contribution in [0.2, 0.25) is 0 Å². The molecule has 0 saturated carbocycles. The second-order valence-corrected chi connectivity index (χ2v) is 4.75. The highest BCUT2D eigenvalue weighted by molar-refractivity contribution is 5.96. The molecule has 0 aromatic carbocycles. The van der Waals surface area contributed by atoms with Crippen molar-refractivity contribution in [2.24, 2.45) is 0 Å². The van der Waals surface area contributed by atoms with Gasteiger partial charge in [-0.25, -0.2) is 0 Å². The molecule has 94 valence electrons. The Morgan fingerprint density at radius 1 is 1.53 bits per heavy atom. The van der Waals surface area contributed by atoms with Gasteiger partial charge in [0.2, 0.25) is 0 Å². The Bertz CT molecular complexity index is 417. The van der Waals surface area contributed by atoms with Crippen LogP contribution < -0.4 is 0 Å². The summed E-state index contributed by atoms with van der Waals surface area (Å²) in [7, 11) is 0. The average molecular weight is 236 g/mol. The first kappa shape index (κ1) is 12.3. The monoisotopic (exact) mass is 236 g/mol. The van der Waals surface area contributed by atoms with Gasteiger partial charge in [-0.1, -0.05) is 0 Å². The van der Waals surface area contributed by atoms with Gasteiger partial charge in [-0.15, -0.1) is 0 Å². The molecule has 1 aliphatic rings. The smallest absolute Gasteiger partial charge is 0.163 e. The van der Waals surface area contributed by atoms with E-state index in [9.17, 15) is 4.79 Å². The summed E-state index contributed by atoms with van der Waals surface area (Å²) >= 11 is 0. The second kappa shape index (κ2) is 5.00. The fourth-order valence-electron chi connectivity index (χ4n) is 2.56. The molecule has 0 aliphatic carbocycles. The van der Waals surface area contributed by atoms with Crippen molar-refractivity contribution >= 4 is 5.78 Å². The van der Waals surface area contributed by atoms with Gasteiger partial charge in [0, 0.05) is 18.8 Å². The topological polar surface area (TPSA) is 44.1 Å². The summed E-state index contributed by atoms with van der Waals surface area (Å²) in [6.07, 6.45) is 3.68. The molecule has 2 rings (SSSR count). The SMILES string of the molecule is CC(=O)c1c(C)nn(CCC2CCCO2)c1C. The number of nitrogens with zero attached hydrogens (tertiary/aromatic N) is 2. The zero-order valence-electron chi connectivity index (χ0n) is 10.8. The Hall–Kier alpha value is -1.16. The van der Waals surface area contributed by atoms with Gasteiger partial charge < -0.3 is 4.74 Å². The maximum Gasteiger partial charge on any atom is 0.163 e. The lowest BCUT2D eigenvalue weighted by atomic mass is 10.1. The van der Waals surface area contributed by atoms with Gasteiger partial charge >= 0.3 is 0 Å². The molecule has 0 spiro atoms. The van der Waals surface area contributed by atoms with E-state index in [-0.39, 0.29) is 5.78 Å². The molecular formula is C13H20N2O2. The summed E-state index contributed by atoms with van der Waals surface area (Å²) in [6.45, 7) is 7.19. The Morgan fingerprint density at radius 3 is 2.82 bits per heavy atom. The van der Waals surface area contributed by atoms with Crippen molar-refractivity contribution in [2.45, 2.75) is 52.7 Å². The molecule has 1 atom stereocenters. The molecule has 1 aliphatic heterocycles. The Balaban J connectivity index is 2.05. The minimum Gasteiger partial charge on any atom is -0.378 e. The Morgan fingerprint density at radius 2 is 2.29 bits per heavy atom. The maximum atomic E-state index is 11.5. The third-order valence-corrected chi connectivity index (χ3v) is 3.42. The van der Waals surface area contributed by atoms with E-state index in [1.165, 1.54) is 6.42 Å². The second-order valence-electron chi connectivity index (χ2n) is 4.75. The van der Waals surface area contributed by atoms with Crippen molar-refractivity contribution in [3.8, 4) is 0 Å². The zero-order chi connectivity index (χ0) is 12.4. The first-order valence-corrected chi connectivity index (χ1v) is 6.26. The maximum absolute atomic E-state index is 11.5. The van der Waals surface area contributed by atoms with E-state index < -0.39 is 0 Å².